The maximum Gasteiger partial charge on any atom is 0.314 e. The van der Waals surface area contributed by atoms with Gasteiger partial charge in [0.1, 0.15) is 13.2 Å². The van der Waals surface area contributed by atoms with Gasteiger partial charge in [-0.2, -0.15) is 0 Å². The molecule has 1 heterocycles. The van der Waals surface area contributed by atoms with Crippen molar-refractivity contribution in [3.05, 3.63) is 21.7 Å². The highest BCUT2D eigenvalue weighted by molar-refractivity contribution is 9.10. The molecule has 1 saturated carbocycles. The molecule has 6 heteroatoms. The molecule has 3 rings (SSSR count). The maximum absolute atomic E-state index is 12.1. The second-order valence-corrected chi connectivity index (χ2v) is 6.60. The first-order valence-electron chi connectivity index (χ1n) is 7.41. The Morgan fingerprint density at radius 1 is 1.18 bits per heavy atom. The number of carbonyl (C=O) groups is 2. The Hall–Kier alpha value is -1.56. The molecule has 1 aliphatic heterocycles. The van der Waals surface area contributed by atoms with Crippen molar-refractivity contribution >= 4 is 28.2 Å². The zero-order chi connectivity index (χ0) is 15.7. The Bertz CT molecular complexity index is 619. The van der Waals surface area contributed by atoms with Crippen molar-refractivity contribution < 1.29 is 24.2 Å². The van der Waals surface area contributed by atoms with Crippen molar-refractivity contribution in [3.8, 4) is 11.5 Å². The molecule has 118 valence electrons. The molecule has 0 bridgehead atoms. The minimum absolute atomic E-state index is 0.352. The molecule has 1 aliphatic carbocycles. The molecule has 0 atom stereocenters. The summed E-state index contributed by atoms with van der Waals surface area (Å²) in [6.45, 7) is 0.708. The number of carbonyl (C=O) groups excluding carboxylic acids is 1. The largest absolute Gasteiger partial charge is 0.486 e. The molecule has 22 heavy (non-hydrogen) atoms. The van der Waals surface area contributed by atoms with Gasteiger partial charge in [-0.25, -0.2) is 0 Å². The molecular weight excluding hydrogens is 352 g/mol. The number of aliphatic carboxylic acids is 1. The molecule has 0 radical (unpaired) electrons. The zero-order valence-corrected chi connectivity index (χ0v) is 13.6. The van der Waals surface area contributed by atoms with E-state index in [1.165, 1.54) is 0 Å². The van der Waals surface area contributed by atoms with Gasteiger partial charge in [-0.1, -0.05) is 35.2 Å². The predicted molar refractivity (Wildman–Crippen MR) is 82.9 cm³/mol. The lowest BCUT2D eigenvalue weighted by molar-refractivity contribution is -0.145. The number of fused-ring (bicyclic) bond motifs is 1. The Labute approximate surface area is 136 Å². The second-order valence-electron chi connectivity index (χ2n) is 5.74. The van der Waals surface area contributed by atoms with Gasteiger partial charge in [-0.3, -0.25) is 9.59 Å². The fourth-order valence-corrected chi connectivity index (χ4v) is 4.27. The summed E-state index contributed by atoms with van der Waals surface area (Å²) in [6, 6.07) is 1.63. The molecule has 1 fully saturated rings. The molecule has 1 aromatic carbocycles. The number of benzene rings is 1. The highest BCUT2D eigenvalue weighted by atomic mass is 79.9. The lowest BCUT2D eigenvalue weighted by Gasteiger charge is -2.37. The molecule has 1 N–H and O–H groups in total. The molecule has 0 unspecified atom stereocenters. The number of halogens is 1. The number of rotatable bonds is 3. The Kier molecular flexibility index (Phi) is 4.12. The minimum Gasteiger partial charge on any atom is -0.486 e. The van der Waals surface area contributed by atoms with Crippen molar-refractivity contribution in [2.24, 2.45) is 0 Å². The smallest absolute Gasteiger partial charge is 0.314 e. The molecular formula is C16H17BrO5. The van der Waals surface area contributed by atoms with E-state index in [0.29, 0.717) is 59.4 Å². The first-order valence-corrected chi connectivity index (χ1v) is 8.20. The number of aldehydes is 1. The van der Waals surface area contributed by atoms with Crippen LogP contribution in [0, 0.1) is 0 Å². The van der Waals surface area contributed by atoms with Crippen LogP contribution in [0.5, 0.6) is 11.5 Å². The van der Waals surface area contributed by atoms with E-state index in [4.69, 9.17) is 9.47 Å². The van der Waals surface area contributed by atoms with Gasteiger partial charge in [0.2, 0.25) is 0 Å². The standard InChI is InChI=1S/C16H17BrO5/c17-11-8-10(9-18)13-14(22-7-6-21-13)12(11)16(15(19)20)4-2-1-3-5-16/h8-9H,1-7H2,(H,19,20). The van der Waals surface area contributed by atoms with Crippen molar-refractivity contribution in [3.63, 3.8) is 0 Å². The van der Waals surface area contributed by atoms with Crippen LogP contribution < -0.4 is 9.47 Å². The van der Waals surface area contributed by atoms with Gasteiger partial charge in [-0.15, -0.1) is 0 Å². The van der Waals surface area contributed by atoms with Crippen LogP contribution in [0.4, 0.5) is 0 Å². The summed E-state index contributed by atoms with van der Waals surface area (Å²) in [5.74, 6) is -0.0687. The summed E-state index contributed by atoms with van der Waals surface area (Å²) >= 11 is 3.45. The maximum atomic E-state index is 12.1. The van der Waals surface area contributed by atoms with E-state index in [2.05, 4.69) is 15.9 Å². The zero-order valence-electron chi connectivity index (χ0n) is 12.1. The summed E-state index contributed by atoms with van der Waals surface area (Å²) < 4.78 is 11.9. The van der Waals surface area contributed by atoms with Gasteiger partial charge < -0.3 is 14.6 Å². The summed E-state index contributed by atoms with van der Waals surface area (Å²) in [6.07, 6.45) is 4.61. The monoisotopic (exact) mass is 368 g/mol. The Morgan fingerprint density at radius 2 is 1.82 bits per heavy atom. The third-order valence-electron chi connectivity index (χ3n) is 4.51. The summed E-state index contributed by atoms with van der Waals surface area (Å²) in [7, 11) is 0. The molecule has 2 aliphatic rings. The highest BCUT2D eigenvalue weighted by Crippen LogP contribution is 2.51. The summed E-state index contributed by atoms with van der Waals surface area (Å²) in [5, 5.41) is 9.91. The van der Waals surface area contributed by atoms with Crippen LogP contribution in [-0.4, -0.2) is 30.6 Å². The second kappa shape index (κ2) is 5.91. The SMILES string of the molecule is O=Cc1cc(Br)c(C2(C(=O)O)CCCCC2)c2c1OCCO2. The normalized spacial score (nSPS) is 19.5. The topological polar surface area (TPSA) is 72.8 Å². The van der Waals surface area contributed by atoms with E-state index in [9.17, 15) is 14.7 Å². The third-order valence-corrected chi connectivity index (χ3v) is 5.14. The van der Waals surface area contributed by atoms with E-state index in [0.717, 1.165) is 19.3 Å². The van der Waals surface area contributed by atoms with Crippen molar-refractivity contribution in [2.45, 2.75) is 37.5 Å². The summed E-state index contributed by atoms with van der Waals surface area (Å²) in [4.78, 5) is 23.3. The van der Waals surface area contributed by atoms with E-state index < -0.39 is 11.4 Å². The average molecular weight is 369 g/mol. The fourth-order valence-electron chi connectivity index (χ4n) is 3.46. The molecule has 0 spiro atoms. The van der Waals surface area contributed by atoms with E-state index in [-0.39, 0.29) is 0 Å². The molecule has 0 saturated heterocycles. The Morgan fingerprint density at radius 3 is 2.41 bits per heavy atom. The first kappa shape index (κ1) is 15.3. The number of ether oxygens (including phenoxy) is 2. The molecule has 0 aromatic heterocycles. The van der Waals surface area contributed by atoms with Gasteiger partial charge in [0.15, 0.2) is 17.8 Å². The first-order chi connectivity index (χ1) is 10.6. The highest BCUT2D eigenvalue weighted by Gasteiger charge is 2.46. The van der Waals surface area contributed by atoms with Crippen LogP contribution in [0.25, 0.3) is 0 Å². The van der Waals surface area contributed by atoms with Gasteiger partial charge in [0.05, 0.1) is 11.0 Å². The van der Waals surface area contributed by atoms with Crippen LogP contribution in [0.1, 0.15) is 48.0 Å². The van der Waals surface area contributed by atoms with Crippen LogP contribution in [0.3, 0.4) is 0 Å². The van der Waals surface area contributed by atoms with Crippen LogP contribution in [0.15, 0.2) is 10.5 Å². The van der Waals surface area contributed by atoms with Crippen molar-refractivity contribution in [1.82, 2.24) is 0 Å². The van der Waals surface area contributed by atoms with Crippen LogP contribution in [0.2, 0.25) is 0 Å². The van der Waals surface area contributed by atoms with Gasteiger partial charge in [0.25, 0.3) is 0 Å². The van der Waals surface area contributed by atoms with E-state index in [1.54, 1.807) is 6.07 Å². The van der Waals surface area contributed by atoms with Crippen molar-refractivity contribution in [1.29, 1.82) is 0 Å². The quantitative estimate of drug-likeness (QED) is 0.828. The third kappa shape index (κ3) is 2.29. The number of carboxylic acid groups (broad SMARTS) is 1. The fraction of sp³-hybridized carbons (Fsp3) is 0.500. The number of hydrogen-bond acceptors (Lipinski definition) is 4. The lowest BCUT2D eigenvalue weighted by Crippen LogP contribution is -2.39. The van der Waals surface area contributed by atoms with Gasteiger partial charge in [0, 0.05) is 10.0 Å². The van der Waals surface area contributed by atoms with E-state index in [1.807, 2.05) is 0 Å². The molecule has 1 aromatic rings. The average Bonchev–Trinajstić information content (AvgIpc) is 2.54. The lowest BCUT2D eigenvalue weighted by atomic mass is 9.69. The number of hydrogen-bond donors (Lipinski definition) is 1. The van der Waals surface area contributed by atoms with Gasteiger partial charge >= 0.3 is 5.97 Å². The van der Waals surface area contributed by atoms with Crippen LogP contribution >= 0.6 is 15.9 Å². The van der Waals surface area contributed by atoms with Crippen LogP contribution in [-0.2, 0) is 10.2 Å². The van der Waals surface area contributed by atoms with Gasteiger partial charge in [-0.05, 0) is 18.9 Å². The summed E-state index contributed by atoms with van der Waals surface area (Å²) in [5.41, 5.74) is 0.00480. The minimum atomic E-state index is -0.983. The Balaban J connectivity index is 2.25. The number of carboxylic acids is 1. The molecule has 0 amide bonds. The van der Waals surface area contributed by atoms with Crippen molar-refractivity contribution in [2.75, 3.05) is 13.2 Å². The predicted octanol–water partition coefficient (Wildman–Crippen LogP) is 3.32. The van der Waals surface area contributed by atoms with E-state index >= 15 is 0 Å². The molecule has 5 nitrogen and oxygen atoms in total.